The van der Waals surface area contributed by atoms with Gasteiger partial charge >= 0.3 is 0 Å². The van der Waals surface area contributed by atoms with E-state index in [-0.39, 0.29) is 5.25 Å². The van der Waals surface area contributed by atoms with Gasteiger partial charge in [-0.3, -0.25) is 4.79 Å². The molecular weight excluding hydrogens is 260 g/mol. The zero-order chi connectivity index (χ0) is 13.0. The van der Waals surface area contributed by atoms with Crippen molar-refractivity contribution in [3.8, 4) is 0 Å². The maximum absolute atomic E-state index is 12.5. The van der Waals surface area contributed by atoms with Crippen LogP contribution in [0.3, 0.4) is 0 Å². The van der Waals surface area contributed by atoms with E-state index in [0.29, 0.717) is 11.0 Å². The van der Waals surface area contributed by atoms with Gasteiger partial charge in [-0.2, -0.15) is 11.8 Å². The van der Waals surface area contributed by atoms with Crippen molar-refractivity contribution in [1.29, 1.82) is 0 Å². The number of hydrogen-bond acceptors (Lipinski definition) is 3. The molecule has 2 atom stereocenters. The highest BCUT2D eigenvalue weighted by Gasteiger charge is 2.31. The molecule has 1 saturated heterocycles. The smallest absolute Gasteiger partial charge is 0.176 e. The van der Waals surface area contributed by atoms with Gasteiger partial charge in [-0.25, -0.2) is 0 Å². The quantitative estimate of drug-likeness (QED) is 0.774. The number of ketones is 1. The van der Waals surface area contributed by atoms with E-state index in [9.17, 15) is 4.79 Å². The summed E-state index contributed by atoms with van der Waals surface area (Å²) in [7, 11) is 0. The molecule has 2 unspecified atom stereocenters. The van der Waals surface area contributed by atoms with Crippen LogP contribution in [-0.2, 0) is 6.42 Å². The van der Waals surface area contributed by atoms with Crippen LogP contribution < -0.4 is 0 Å². The highest BCUT2D eigenvalue weighted by atomic mass is 32.2. The molecule has 0 aliphatic carbocycles. The van der Waals surface area contributed by atoms with Crippen molar-refractivity contribution in [3.05, 3.63) is 35.4 Å². The van der Waals surface area contributed by atoms with Gasteiger partial charge in [-0.1, -0.05) is 38.1 Å². The first kappa shape index (κ1) is 14.0. The molecule has 2 rings (SSSR count). The maximum Gasteiger partial charge on any atom is 0.176 e. The number of aryl methyl sites for hydroxylation is 1. The Balaban J connectivity index is 2.13. The van der Waals surface area contributed by atoms with Crippen LogP contribution in [0.1, 0.15) is 36.2 Å². The molecule has 3 heteroatoms. The van der Waals surface area contributed by atoms with E-state index in [1.54, 1.807) is 0 Å². The lowest BCUT2D eigenvalue weighted by atomic mass is 10.0. The van der Waals surface area contributed by atoms with E-state index in [4.69, 9.17) is 0 Å². The van der Waals surface area contributed by atoms with Crippen molar-refractivity contribution in [3.63, 3.8) is 0 Å². The number of benzene rings is 1. The third-order valence-electron chi connectivity index (χ3n) is 3.36. The van der Waals surface area contributed by atoms with Crippen LogP contribution in [0.4, 0.5) is 0 Å². The van der Waals surface area contributed by atoms with Crippen molar-refractivity contribution in [1.82, 2.24) is 0 Å². The summed E-state index contributed by atoms with van der Waals surface area (Å²) in [6.07, 6.45) is 2.11. The predicted molar refractivity (Wildman–Crippen MR) is 82.9 cm³/mol. The molecule has 1 aliphatic heterocycles. The average Bonchev–Trinajstić information content (AvgIpc) is 2.46. The Morgan fingerprint density at radius 3 is 2.44 bits per heavy atom. The highest BCUT2D eigenvalue weighted by Crippen LogP contribution is 2.35. The second-order valence-electron chi connectivity index (χ2n) is 4.52. The van der Waals surface area contributed by atoms with Gasteiger partial charge in [-0.15, -0.1) is 11.8 Å². The Bertz CT molecular complexity index is 399. The SMILES string of the molecule is CCc1ccc(C(=O)C2SCCSC2CC)cc1. The Morgan fingerprint density at radius 1 is 1.17 bits per heavy atom. The van der Waals surface area contributed by atoms with Crippen molar-refractivity contribution >= 4 is 29.3 Å². The molecule has 0 spiro atoms. The van der Waals surface area contributed by atoms with E-state index in [0.717, 1.165) is 24.2 Å². The molecule has 1 heterocycles. The zero-order valence-corrected chi connectivity index (χ0v) is 12.7. The van der Waals surface area contributed by atoms with Gasteiger partial charge in [-0.05, 0) is 18.4 Å². The molecule has 98 valence electrons. The second kappa shape index (κ2) is 6.67. The molecule has 0 bridgehead atoms. The van der Waals surface area contributed by atoms with Crippen molar-refractivity contribution < 1.29 is 4.79 Å². The van der Waals surface area contributed by atoms with Gasteiger partial charge in [0.15, 0.2) is 5.78 Å². The van der Waals surface area contributed by atoms with Gasteiger partial charge in [0.05, 0.1) is 5.25 Å². The van der Waals surface area contributed by atoms with Crippen LogP contribution in [0.5, 0.6) is 0 Å². The number of Topliss-reactive ketones (excluding diaryl/α,β-unsaturated/α-hetero) is 1. The molecule has 0 saturated carbocycles. The van der Waals surface area contributed by atoms with Crippen LogP contribution in [0.25, 0.3) is 0 Å². The minimum Gasteiger partial charge on any atom is -0.293 e. The average molecular weight is 280 g/mol. The standard InChI is InChI=1S/C15H20OS2/c1-3-11-5-7-12(8-6-11)14(16)15-13(4-2)17-9-10-18-15/h5-8,13,15H,3-4,9-10H2,1-2H3. The first-order valence-electron chi connectivity index (χ1n) is 6.62. The molecule has 1 aromatic rings. The number of carbonyl (C=O) groups excluding carboxylic acids is 1. The molecule has 1 aromatic carbocycles. The molecule has 0 N–H and O–H groups in total. The largest absolute Gasteiger partial charge is 0.293 e. The molecule has 0 aromatic heterocycles. The third-order valence-corrected chi connectivity index (χ3v) is 6.60. The normalized spacial score (nSPS) is 23.9. The summed E-state index contributed by atoms with van der Waals surface area (Å²) in [5.74, 6) is 2.61. The predicted octanol–water partition coefficient (Wildman–Crippen LogP) is 4.06. The van der Waals surface area contributed by atoms with Crippen LogP contribution in [0, 0.1) is 0 Å². The van der Waals surface area contributed by atoms with Crippen LogP contribution >= 0.6 is 23.5 Å². The Hall–Kier alpha value is -0.410. The fourth-order valence-electron chi connectivity index (χ4n) is 2.21. The Kier molecular flexibility index (Phi) is 5.19. The number of hydrogen-bond donors (Lipinski definition) is 0. The van der Waals surface area contributed by atoms with Gasteiger partial charge < -0.3 is 0 Å². The van der Waals surface area contributed by atoms with E-state index >= 15 is 0 Å². The topological polar surface area (TPSA) is 17.1 Å². The van der Waals surface area contributed by atoms with Crippen molar-refractivity contribution in [2.75, 3.05) is 11.5 Å². The van der Waals surface area contributed by atoms with Crippen molar-refractivity contribution in [2.24, 2.45) is 0 Å². The molecule has 1 nitrogen and oxygen atoms in total. The van der Waals surface area contributed by atoms with Gasteiger partial charge in [0, 0.05) is 22.3 Å². The van der Waals surface area contributed by atoms with Crippen LogP contribution in [0.2, 0.25) is 0 Å². The van der Waals surface area contributed by atoms with Gasteiger partial charge in [0.2, 0.25) is 0 Å². The van der Waals surface area contributed by atoms with Gasteiger partial charge in [0.25, 0.3) is 0 Å². The van der Waals surface area contributed by atoms with Crippen molar-refractivity contribution in [2.45, 2.75) is 37.2 Å². The summed E-state index contributed by atoms with van der Waals surface area (Å²) < 4.78 is 0. The first-order valence-corrected chi connectivity index (χ1v) is 8.72. The second-order valence-corrected chi connectivity index (χ2v) is 7.12. The number of thioether (sulfide) groups is 2. The van der Waals surface area contributed by atoms with Gasteiger partial charge in [0.1, 0.15) is 0 Å². The minimum absolute atomic E-state index is 0.154. The lowest BCUT2D eigenvalue weighted by Crippen LogP contribution is -2.32. The zero-order valence-electron chi connectivity index (χ0n) is 11.0. The maximum atomic E-state index is 12.5. The summed E-state index contributed by atoms with van der Waals surface area (Å²) in [6, 6.07) is 8.14. The summed E-state index contributed by atoms with van der Waals surface area (Å²) in [4.78, 5) is 12.5. The molecule has 1 fully saturated rings. The summed E-state index contributed by atoms with van der Waals surface area (Å²) in [6.45, 7) is 4.32. The third kappa shape index (κ3) is 3.12. The summed E-state index contributed by atoms with van der Waals surface area (Å²) in [5, 5.41) is 0.642. The highest BCUT2D eigenvalue weighted by molar-refractivity contribution is 8.07. The van der Waals surface area contributed by atoms with Crippen LogP contribution in [0.15, 0.2) is 24.3 Å². The number of rotatable bonds is 4. The van der Waals surface area contributed by atoms with E-state index in [2.05, 4.69) is 26.0 Å². The lowest BCUT2D eigenvalue weighted by molar-refractivity contribution is 0.0988. The Labute approximate surface area is 118 Å². The fraction of sp³-hybridized carbons (Fsp3) is 0.533. The number of carbonyl (C=O) groups is 1. The van der Waals surface area contributed by atoms with Crippen LogP contribution in [-0.4, -0.2) is 27.8 Å². The molecule has 18 heavy (non-hydrogen) atoms. The first-order chi connectivity index (χ1) is 8.76. The van der Waals surface area contributed by atoms with E-state index in [1.165, 1.54) is 11.3 Å². The summed E-state index contributed by atoms with van der Waals surface area (Å²) in [5.41, 5.74) is 2.18. The minimum atomic E-state index is 0.154. The molecule has 1 aliphatic rings. The lowest BCUT2D eigenvalue weighted by Gasteiger charge is -2.28. The molecule has 0 radical (unpaired) electrons. The summed E-state index contributed by atoms with van der Waals surface area (Å²) >= 11 is 3.80. The Morgan fingerprint density at radius 2 is 1.83 bits per heavy atom. The fourth-order valence-corrected chi connectivity index (χ4v) is 5.24. The molecule has 0 amide bonds. The van der Waals surface area contributed by atoms with E-state index in [1.807, 2.05) is 35.7 Å². The molecular formula is C15H20OS2. The monoisotopic (exact) mass is 280 g/mol. The van der Waals surface area contributed by atoms with E-state index < -0.39 is 0 Å².